The van der Waals surface area contributed by atoms with Crippen LogP contribution in [0.5, 0.6) is 0 Å². The fraction of sp³-hybridized carbons (Fsp3) is 0.238. The number of benzene rings is 1. The number of hydrogen-bond donors (Lipinski definition) is 4. The molecule has 3 aromatic rings. The summed E-state index contributed by atoms with van der Waals surface area (Å²) in [5.74, 6) is 4.96. The Labute approximate surface area is 195 Å². The van der Waals surface area contributed by atoms with Gasteiger partial charge in [0.1, 0.15) is 0 Å². The molecule has 0 radical (unpaired) electrons. The average Bonchev–Trinajstić information content (AvgIpc) is 3.16. The molecule has 0 spiro atoms. The van der Waals surface area contributed by atoms with E-state index < -0.39 is 16.0 Å². The Balaban J connectivity index is 1.80. The number of halogens is 1. The molecule has 0 aliphatic carbocycles. The zero-order chi connectivity index (χ0) is 23.1. The van der Waals surface area contributed by atoms with Crippen LogP contribution < -0.4 is 16.0 Å². The van der Waals surface area contributed by atoms with Crippen molar-refractivity contribution in [3.8, 4) is 0 Å². The molecule has 1 aromatic carbocycles. The lowest BCUT2D eigenvalue weighted by Crippen LogP contribution is -2.30. The number of carboxylic acids is 1. The van der Waals surface area contributed by atoms with Gasteiger partial charge in [-0.1, -0.05) is 17.7 Å². The van der Waals surface area contributed by atoms with Gasteiger partial charge in [0.05, 0.1) is 17.4 Å². The number of nitrogens with one attached hydrogen (secondary N) is 2. The van der Waals surface area contributed by atoms with Gasteiger partial charge in [0.25, 0.3) is 0 Å². The Morgan fingerprint density at radius 3 is 2.59 bits per heavy atom. The summed E-state index contributed by atoms with van der Waals surface area (Å²) in [7, 11) is -3.69. The number of hydrazine groups is 1. The lowest BCUT2D eigenvalue weighted by molar-refractivity contribution is -0.136. The summed E-state index contributed by atoms with van der Waals surface area (Å²) in [5, 5.41) is 9.47. The number of carbonyl (C=O) groups is 1. The molecule has 1 unspecified atom stereocenters. The van der Waals surface area contributed by atoms with Gasteiger partial charge >= 0.3 is 5.97 Å². The summed E-state index contributed by atoms with van der Waals surface area (Å²) in [5.41, 5.74) is 4.54. The van der Waals surface area contributed by atoms with Gasteiger partial charge in [-0.3, -0.25) is 15.6 Å². The van der Waals surface area contributed by atoms with Crippen LogP contribution in [-0.4, -0.2) is 31.0 Å². The number of aromatic nitrogens is 1. The summed E-state index contributed by atoms with van der Waals surface area (Å²) >= 11 is 7.29. The summed E-state index contributed by atoms with van der Waals surface area (Å²) in [6, 6.07) is 11.2. The maximum atomic E-state index is 12.6. The van der Waals surface area contributed by atoms with Crippen molar-refractivity contribution >= 4 is 38.9 Å². The molecule has 2 heterocycles. The first-order valence-electron chi connectivity index (χ1n) is 9.74. The minimum Gasteiger partial charge on any atom is -0.481 e. The number of nitrogens with two attached hydrogens (primary N) is 1. The fourth-order valence-corrected chi connectivity index (χ4v) is 5.64. The SMILES string of the molecule is NNC(c1cccnc1)c1sc(CCC(=O)O)cc1CCNS(=O)(=O)c1ccc(Cl)cc1. The second-order valence-electron chi connectivity index (χ2n) is 6.98. The van der Waals surface area contributed by atoms with Crippen molar-refractivity contribution in [3.63, 3.8) is 0 Å². The smallest absolute Gasteiger partial charge is 0.303 e. The topological polar surface area (TPSA) is 134 Å². The first-order chi connectivity index (χ1) is 15.3. The van der Waals surface area contributed by atoms with Gasteiger partial charge in [-0.25, -0.2) is 18.6 Å². The number of sulfonamides is 1. The number of nitrogens with zero attached hydrogens (tertiary/aromatic N) is 1. The summed E-state index contributed by atoms with van der Waals surface area (Å²) in [6.45, 7) is 0.164. The van der Waals surface area contributed by atoms with Crippen LogP contribution in [0.4, 0.5) is 0 Å². The molecule has 1 atom stereocenters. The van der Waals surface area contributed by atoms with Crippen LogP contribution in [0.3, 0.4) is 0 Å². The van der Waals surface area contributed by atoms with Gasteiger partial charge in [0.2, 0.25) is 10.0 Å². The molecular weight excluding hydrogens is 472 g/mol. The summed E-state index contributed by atoms with van der Waals surface area (Å²) < 4.78 is 27.7. The molecule has 170 valence electrons. The predicted octanol–water partition coefficient (Wildman–Crippen LogP) is 2.89. The van der Waals surface area contributed by atoms with E-state index in [9.17, 15) is 13.2 Å². The molecule has 0 bridgehead atoms. The summed E-state index contributed by atoms with van der Waals surface area (Å²) in [6.07, 6.45) is 4.17. The first kappa shape index (κ1) is 24.3. The predicted molar refractivity (Wildman–Crippen MR) is 124 cm³/mol. The quantitative estimate of drug-likeness (QED) is 0.238. The van der Waals surface area contributed by atoms with Crippen LogP contribution >= 0.6 is 22.9 Å². The third kappa shape index (κ3) is 6.35. The molecule has 0 aliphatic rings. The average molecular weight is 495 g/mol. The van der Waals surface area contributed by atoms with Crippen LogP contribution in [-0.2, 0) is 27.7 Å². The third-order valence-electron chi connectivity index (χ3n) is 4.73. The van der Waals surface area contributed by atoms with Gasteiger partial charge in [-0.15, -0.1) is 11.3 Å². The van der Waals surface area contributed by atoms with E-state index in [-0.39, 0.29) is 23.9 Å². The Morgan fingerprint density at radius 1 is 1.22 bits per heavy atom. The number of thiophene rings is 1. The number of aliphatic carboxylic acids is 1. The van der Waals surface area contributed by atoms with Gasteiger partial charge < -0.3 is 5.11 Å². The molecule has 11 heteroatoms. The highest BCUT2D eigenvalue weighted by atomic mass is 35.5. The molecular formula is C21H23ClN4O4S2. The Kier molecular flexibility index (Phi) is 8.35. The van der Waals surface area contributed by atoms with Gasteiger partial charge in [0, 0.05) is 33.7 Å². The Hall–Kier alpha value is -2.34. The van der Waals surface area contributed by atoms with E-state index in [1.54, 1.807) is 18.5 Å². The van der Waals surface area contributed by atoms with Crippen LogP contribution in [0.1, 0.15) is 33.3 Å². The second kappa shape index (κ2) is 11.0. The fourth-order valence-electron chi connectivity index (χ4n) is 3.18. The monoisotopic (exact) mass is 494 g/mol. The van der Waals surface area contributed by atoms with Crippen molar-refractivity contribution in [1.82, 2.24) is 15.1 Å². The zero-order valence-corrected chi connectivity index (χ0v) is 19.4. The van der Waals surface area contributed by atoms with Crippen molar-refractivity contribution in [2.45, 2.75) is 30.2 Å². The van der Waals surface area contributed by atoms with E-state index in [1.807, 2.05) is 12.1 Å². The largest absolute Gasteiger partial charge is 0.481 e. The number of hydrogen-bond acceptors (Lipinski definition) is 7. The highest BCUT2D eigenvalue weighted by Gasteiger charge is 2.21. The standard InChI is InChI=1S/C21H23ClN4O4S2/c22-16-3-6-18(7-4-16)32(29,30)25-11-9-14-12-17(5-8-19(27)28)31-21(14)20(26-23)15-2-1-10-24-13-15/h1-4,6-7,10,12-13,20,25-26H,5,8-9,11,23H2,(H,27,28). The van der Waals surface area contributed by atoms with Gasteiger partial charge in [-0.2, -0.15) is 0 Å². The van der Waals surface area contributed by atoms with Crippen molar-refractivity contribution in [3.05, 3.63) is 80.8 Å². The number of carboxylic acid groups (broad SMARTS) is 1. The zero-order valence-electron chi connectivity index (χ0n) is 17.0. The minimum atomic E-state index is -3.69. The minimum absolute atomic E-state index is 0.0101. The van der Waals surface area contributed by atoms with Crippen molar-refractivity contribution in [2.24, 2.45) is 5.84 Å². The number of rotatable bonds is 11. The van der Waals surface area contributed by atoms with E-state index in [2.05, 4.69) is 15.1 Å². The molecule has 3 rings (SSSR count). The molecule has 0 aliphatic heterocycles. The van der Waals surface area contributed by atoms with Crippen molar-refractivity contribution in [1.29, 1.82) is 0 Å². The molecule has 5 N–H and O–H groups in total. The van der Waals surface area contributed by atoms with Crippen LogP contribution in [0.25, 0.3) is 0 Å². The van der Waals surface area contributed by atoms with E-state index in [0.717, 1.165) is 20.9 Å². The number of aryl methyl sites for hydroxylation is 1. The van der Waals surface area contributed by atoms with E-state index in [1.165, 1.54) is 35.6 Å². The van der Waals surface area contributed by atoms with Crippen LogP contribution in [0.2, 0.25) is 5.02 Å². The maximum absolute atomic E-state index is 12.6. The molecule has 0 fully saturated rings. The van der Waals surface area contributed by atoms with E-state index in [4.69, 9.17) is 22.6 Å². The first-order valence-corrected chi connectivity index (χ1v) is 12.4. The van der Waals surface area contributed by atoms with E-state index in [0.29, 0.717) is 17.9 Å². The molecule has 8 nitrogen and oxygen atoms in total. The van der Waals surface area contributed by atoms with E-state index >= 15 is 0 Å². The highest BCUT2D eigenvalue weighted by molar-refractivity contribution is 7.89. The maximum Gasteiger partial charge on any atom is 0.303 e. The highest BCUT2D eigenvalue weighted by Crippen LogP contribution is 2.33. The van der Waals surface area contributed by atoms with Crippen molar-refractivity contribution < 1.29 is 18.3 Å². The Bertz CT molecular complexity index is 1150. The van der Waals surface area contributed by atoms with Crippen LogP contribution in [0.15, 0.2) is 59.8 Å². The molecule has 0 amide bonds. The number of pyridine rings is 1. The summed E-state index contributed by atoms with van der Waals surface area (Å²) in [4.78, 5) is 17.0. The molecule has 32 heavy (non-hydrogen) atoms. The third-order valence-corrected chi connectivity index (χ3v) is 7.77. The van der Waals surface area contributed by atoms with Crippen LogP contribution in [0, 0.1) is 0 Å². The van der Waals surface area contributed by atoms with Gasteiger partial charge in [-0.05, 0) is 60.4 Å². The van der Waals surface area contributed by atoms with Gasteiger partial charge in [0.15, 0.2) is 0 Å². The van der Waals surface area contributed by atoms with Crippen molar-refractivity contribution in [2.75, 3.05) is 6.54 Å². The molecule has 2 aromatic heterocycles. The molecule has 0 saturated carbocycles. The normalized spacial score (nSPS) is 12.6. The molecule has 0 saturated heterocycles. The lowest BCUT2D eigenvalue weighted by atomic mass is 10.0. The Morgan fingerprint density at radius 2 is 1.97 bits per heavy atom. The lowest BCUT2D eigenvalue weighted by Gasteiger charge is -2.17. The second-order valence-corrected chi connectivity index (χ2v) is 10.4.